The Hall–Kier alpha value is -9.00. The molecular weight excluding hydrogens is 925 g/mol. The molecular formula is C68H42N2OS2. The van der Waals surface area contributed by atoms with Crippen LogP contribution in [0, 0.1) is 0 Å². The molecule has 0 aliphatic carbocycles. The van der Waals surface area contributed by atoms with Gasteiger partial charge >= 0.3 is 0 Å². The standard InChI is InChI=1S/C68H42N2OS2/c1-5-17-43(18-6-1)55-41-67-59(53-25-13-15-27-65(53)72-67)39-61(55)69(49-21-9-3-10-22-49)51-31-29-45-35-57-58-36-46-30-32-52(34-48(46)38-64(58)71-63(57)37-47(45)33-51)70(50-23-11-4-12-24-50)62-40-60-54-26-14-16-28-66(54)73-68(60)42-56(62)44-19-7-2-8-20-44/h1-42H. The van der Waals surface area contributed by atoms with Gasteiger partial charge in [-0.25, -0.2) is 0 Å². The smallest absolute Gasteiger partial charge is 0.136 e. The highest BCUT2D eigenvalue weighted by molar-refractivity contribution is 7.26. The van der Waals surface area contributed by atoms with Crippen molar-refractivity contribution in [2.24, 2.45) is 0 Å². The highest BCUT2D eigenvalue weighted by Gasteiger charge is 2.23. The number of nitrogens with zero attached hydrogens (tertiary/aromatic N) is 2. The van der Waals surface area contributed by atoms with Crippen molar-refractivity contribution in [3.63, 3.8) is 0 Å². The summed E-state index contributed by atoms with van der Waals surface area (Å²) in [6.07, 6.45) is 0. The van der Waals surface area contributed by atoms with E-state index >= 15 is 0 Å². The Labute approximate surface area is 429 Å². The molecule has 0 spiro atoms. The molecule has 5 heteroatoms. The highest BCUT2D eigenvalue weighted by atomic mass is 32.1. The first-order valence-corrected chi connectivity index (χ1v) is 26.3. The second-order valence-corrected chi connectivity index (χ2v) is 21.0. The van der Waals surface area contributed by atoms with E-state index in [4.69, 9.17) is 4.42 Å². The largest absolute Gasteiger partial charge is 0.456 e. The van der Waals surface area contributed by atoms with Crippen LogP contribution < -0.4 is 9.80 Å². The van der Waals surface area contributed by atoms with Crippen LogP contribution in [0.25, 0.3) is 106 Å². The van der Waals surface area contributed by atoms with Gasteiger partial charge < -0.3 is 14.2 Å². The molecule has 0 fully saturated rings. The molecule has 342 valence electrons. The summed E-state index contributed by atoms with van der Waals surface area (Å²) in [6.45, 7) is 0. The SMILES string of the molecule is c1ccc(-c2cc3sc4ccccc4c3cc2N(c2ccccc2)c2ccc3cc4c(cc3c2)oc2cc3cc(N(c5ccccc5)c5cc6c(cc5-c5ccccc5)sc5ccccc56)ccc3cc24)cc1. The summed E-state index contributed by atoms with van der Waals surface area (Å²) >= 11 is 3.71. The zero-order chi connectivity index (χ0) is 48.0. The molecule has 3 nitrogen and oxygen atoms in total. The Morgan fingerprint density at radius 1 is 0.260 bits per heavy atom. The molecule has 0 saturated heterocycles. The van der Waals surface area contributed by atoms with Crippen molar-refractivity contribution in [3.8, 4) is 22.3 Å². The Morgan fingerprint density at radius 2 is 0.658 bits per heavy atom. The van der Waals surface area contributed by atoms with Gasteiger partial charge in [0.2, 0.25) is 0 Å². The Bertz CT molecular complexity index is 4320. The molecule has 0 unspecified atom stereocenters. The molecule has 73 heavy (non-hydrogen) atoms. The Morgan fingerprint density at radius 3 is 1.10 bits per heavy atom. The van der Waals surface area contributed by atoms with E-state index < -0.39 is 0 Å². The van der Waals surface area contributed by atoms with Gasteiger partial charge in [-0.2, -0.15) is 0 Å². The minimum Gasteiger partial charge on any atom is -0.456 e. The van der Waals surface area contributed by atoms with Crippen LogP contribution in [0.3, 0.4) is 0 Å². The van der Waals surface area contributed by atoms with Crippen LogP contribution in [-0.4, -0.2) is 0 Å². The summed E-state index contributed by atoms with van der Waals surface area (Å²) in [5.74, 6) is 0. The summed E-state index contributed by atoms with van der Waals surface area (Å²) in [5, 5.41) is 11.8. The first kappa shape index (κ1) is 41.8. The van der Waals surface area contributed by atoms with E-state index in [1.807, 2.05) is 22.7 Å². The number of hydrogen-bond acceptors (Lipinski definition) is 5. The zero-order valence-electron chi connectivity index (χ0n) is 39.4. The lowest BCUT2D eigenvalue weighted by Crippen LogP contribution is -2.11. The van der Waals surface area contributed by atoms with Crippen molar-refractivity contribution in [1.82, 2.24) is 0 Å². The van der Waals surface area contributed by atoms with Crippen molar-refractivity contribution in [3.05, 3.63) is 255 Å². The molecule has 0 amide bonds. The van der Waals surface area contributed by atoms with Gasteiger partial charge in [-0.15, -0.1) is 22.7 Å². The van der Waals surface area contributed by atoms with Crippen LogP contribution >= 0.6 is 22.7 Å². The second-order valence-electron chi connectivity index (χ2n) is 18.9. The summed E-state index contributed by atoms with van der Waals surface area (Å²) in [4.78, 5) is 4.84. The lowest BCUT2D eigenvalue weighted by Gasteiger charge is -2.28. The number of para-hydroxylation sites is 2. The zero-order valence-corrected chi connectivity index (χ0v) is 41.0. The molecule has 12 aromatic carbocycles. The van der Waals surface area contributed by atoms with Gasteiger partial charge in [-0.1, -0.05) is 146 Å². The molecule has 15 rings (SSSR count). The van der Waals surface area contributed by atoms with E-state index in [-0.39, 0.29) is 0 Å². The molecule has 3 aromatic heterocycles. The summed E-state index contributed by atoms with van der Waals surface area (Å²) in [5.41, 5.74) is 13.1. The van der Waals surface area contributed by atoms with Crippen LogP contribution in [0.5, 0.6) is 0 Å². The average molecular weight is 967 g/mol. The number of fused-ring (bicyclic) bond motifs is 11. The van der Waals surface area contributed by atoms with Crippen molar-refractivity contribution in [1.29, 1.82) is 0 Å². The van der Waals surface area contributed by atoms with Gasteiger partial charge in [-0.3, -0.25) is 0 Å². The minimum absolute atomic E-state index is 0.868. The van der Waals surface area contributed by atoms with E-state index in [1.54, 1.807) is 0 Å². The number of thiophene rings is 2. The van der Waals surface area contributed by atoms with E-state index in [2.05, 4.69) is 265 Å². The third-order valence-corrected chi connectivity index (χ3v) is 16.8. The molecule has 15 aromatic rings. The maximum absolute atomic E-state index is 6.90. The molecule has 0 atom stereocenters. The predicted molar refractivity (Wildman–Crippen MR) is 315 cm³/mol. The lowest BCUT2D eigenvalue weighted by molar-refractivity contribution is 0.670. The third kappa shape index (κ3) is 7.00. The van der Waals surface area contributed by atoms with Crippen LogP contribution in [0.15, 0.2) is 259 Å². The molecule has 0 bridgehead atoms. The fourth-order valence-corrected chi connectivity index (χ4v) is 13.4. The normalized spacial score (nSPS) is 11.8. The minimum atomic E-state index is 0.868. The third-order valence-electron chi connectivity index (χ3n) is 14.5. The summed E-state index contributed by atoms with van der Waals surface area (Å²) in [7, 11) is 0. The number of furan rings is 1. The Balaban J connectivity index is 0.877. The average Bonchev–Trinajstić information content (AvgIpc) is 4.12. The summed E-state index contributed by atoms with van der Waals surface area (Å²) < 4.78 is 12.0. The molecule has 0 N–H and O–H groups in total. The van der Waals surface area contributed by atoms with E-state index in [1.165, 1.54) is 62.6 Å². The highest BCUT2D eigenvalue weighted by Crippen LogP contribution is 2.49. The fraction of sp³-hybridized carbons (Fsp3) is 0. The van der Waals surface area contributed by atoms with Crippen LogP contribution in [0.1, 0.15) is 0 Å². The van der Waals surface area contributed by atoms with Crippen LogP contribution in [0.2, 0.25) is 0 Å². The van der Waals surface area contributed by atoms with E-state index in [9.17, 15) is 0 Å². The second kappa shape index (κ2) is 16.8. The van der Waals surface area contributed by atoms with Gasteiger partial charge in [0.05, 0.1) is 11.4 Å². The fourth-order valence-electron chi connectivity index (χ4n) is 11.1. The van der Waals surface area contributed by atoms with Crippen LogP contribution in [0.4, 0.5) is 34.1 Å². The maximum Gasteiger partial charge on any atom is 0.136 e. The van der Waals surface area contributed by atoms with Gasteiger partial charge in [0.25, 0.3) is 0 Å². The van der Waals surface area contributed by atoms with Gasteiger partial charge in [0.15, 0.2) is 0 Å². The topological polar surface area (TPSA) is 19.6 Å². The van der Waals surface area contributed by atoms with E-state index in [0.717, 1.165) is 77.6 Å². The molecule has 0 aliphatic heterocycles. The maximum atomic E-state index is 6.90. The monoisotopic (exact) mass is 966 g/mol. The molecule has 3 heterocycles. The van der Waals surface area contributed by atoms with Gasteiger partial charge in [0.1, 0.15) is 11.2 Å². The first-order valence-electron chi connectivity index (χ1n) is 24.7. The number of rotatable bonds is 8. The number of benzene rings is 12. The quantitative estimate of drug-likeness (QED) is 0.151. The first-order chi connectivity index (χ1) is 36.1. The van der Waals surface area contributed by atoms with E-state index in [0.29, 0.717) is 0 Å². The van der Waals surface area contributed by atoms with Gasteiger partial charge in [0, 0.05) is 85.0 Å². The summed E-state index contributed by atoms with van der Waals surface area (Å²) in [6, 6.07) is 93.0. The van der Waals surface area contributed by atoms with Crippen LogP contribution in [-0.2, 0) is 0 Å². The van der Waals surface area contributed by atoms with Crippen molar-refractivity contribution >= 4 is 141 Å². The predicted octanol–water partition coefficient (Wildman–Crippen LogP) is 20.9. The van der Waals surface area contributed by atoms with Gasteiger partial charge in [-0.05, 0) is 142 Å². The Kier molecular flexibility index (Phi) is 9.62. The van der Waals surface area contributed by atoms with Crippen molar-refractivity contribution in [2.75, 3.05) is 9.80 Å². The molecule has 0 radical (unpaired) electrons. The number of hydrogen-bond donors (Lipinski definition) is 0. The lowest BCUT2D eigenvalue weighted by atomic mass is 9.98. The molecule has 0 saturated carbocycles. The molecule has 0 aliphatic rings. The number of anilines is 6. The van der Waals surface area contributed by atoms with Crippen molar-refractivity contribution < 1.29 is 4.42 Å². The van der Waals surface area contributed by atoms with Crippen molar-refractivity contribution in [2.45, 2.75) is 0 Å².